The highest BCUT2D eigenvalue weighted by Gasteiger charge is 2.31. The van der Waals surface area contributed by atoms with Crippen molar-refractivity contribution in [2.75, 3.05) is 39.1 Å². The maximum atomic E-state index is 13.3. The SMILES string of the molecule is COc1ncc2c(C#N)c(C3CC3)[nH]c2c1-c1nc2c(NCC(F)F)c(C3CCN(C)CC3)ccc2[nH]1. The van der Waals surface area contributed by atoms with Gasteiger partial charge in [-0.15, -0.1) is 0 Å². The van der Waals surface area contributed by atoms with Gasteiger partial charge in [-0.05, 0) is 63.4 Å². The maximum absolute atomic E-state index is 13.3. The molecule has 4 heterocycles. The number of nitrogens with one attached hydrogen (secondary N) is 3. The monoisotopic (exact) mass is 505 g/mol. The smallest absolute Gasteiger partial charge is 0.255 e. The number of aromatic amines is 2. The van der Waals surface area contributed by atoms with Crippen molar-refractivity contribution in [1.29, 1.82) is 5.26 Å². The van der Waals surface area contributed by atoms with Crippen molar-refractivity contribution in [3.8, 4) is 23.3 Å². The Morgan fingerprint density at radius 3 is 2.65 bits per heavy atom. The highest BCUT2D eigenvalue weighted by molar-refractivity contribution is 6.01. The number of anilines is 1. The molecule has 0 spiro atoms. The highest BCUT2D eigenvalue weighted by Crippen LogP contribution is 2.45. The average Bonchev–Trinajstić information content (AvgIpc) is 3.54. The van der Waals surface area contributed by atoms with Gasteiger partial charge in [-0.1, -0.05) is 6.07 Å². The van der Waals surface area contributed by atoms with E-state index >= 15 is 0 Å². The van der Waals surface area contributed by atoms with Gasteiger partial charge >= 0.3 is 0 Å². The first-order valence-corrected chi connectivity index (χ1v) is 12.7. The Balaban J connectivity index is 1.52. The molecule has 10 heteroatoms. The van der Waals surface area contributed by atoms with E-state index in [1.807, 2.05) is 12.1 Å². The first-order valence-electron chi connectivity index (χ1n) is 12.7. The fraction of sp³-hybridized carbons (Fsp3) is 0.444. The molecule has 0 amide bonds. The van der Waals surface area contributed by atoms with E-state index in [9.17, 15) is 14.0 Å². The lowest BCUT2D eigenvalue weighted by atomic mass is 9.88. The number of benzene rings is 1. The number of aromatic nitrogens is 4. The number of hydrogen-bond donors (Lipinski definition) is 3. The van der Waals surface area contributed by atoms with Gasteiger partial charge in [0.2, 0.25) is 5.88 Å². The number of ether oxygens (including phenoxy) is 1. The standard InChI is InChI=1S/C27H29F2N7O/c1-36-9-7-14(8-10-36)16-5-6-19-25(24(16)31-13-20(28)29)35-26(33-19)21-23-18(12-32-27(21)37-2)17(11-30)22(34-23)15-3-4-15/h5-6,12,14-15,20,31,34H,3-4,7-10,13H2,1-2H3,(H,33,35). The number of likely N-dealkylation sites (tertiary alicyclic amines) is 1. The number of rotatable bonds is 7. The molecule has 1 aliphatic heterocycles. The van der Waals surface area contributed by atoms with Crippen LogP contribution in [0.2, 0.25) is 0 Å². The van der Waals surface area contributed by atoms with Crippen LogP contribution in [0.4, 0.5) is 14.5 Å². The minimum atomic E-state index is -2.48. The van der Waals surface area contributed by atoms with E-state index in [2.05, 4.69) is 38.3 Å². The van der Waals surface area contributed by atoms with Gasteiger partial charge in [-0.25, -0.2) is 18.7 Å². The number of pyridine rings is 1. The largest absolute Gasteiger partial charge is 0.480 e. The quantitative estimate of drug-likeness (QED) is 0.313. The molecule has 37 heavy (non-hydrogen) atoms. The van der Waals surface area contributed by atoms with Crippen LogP contribution in [-0.2, 0) is 0 Å². The average molecular weight is 506 g/mol. The maximum Gasteiger partial charge on any atom is 0.255 e. The summed E-state index contributed by atoms with van der Waals surface area (Å²) in [5.74, 6) is 1.50. The predicted octanol–water partition coefficient (Wildman–Crippen LogP) is 5.35. The lowest BCUT2D eigenvalue weighted by molar-refractivity contribution is 0.163. The fourth-order valence-electron chi connectivity index (χ4n) is 5.56. The van der Waals surface area contributed by atoms with Crippen LogP contribution in [-0.4, -0.2) is 65.1 Å². The first kappa shape index (κ1) is 23.7. The number of methoxy groups -OCH3 is 1. The molecule has 1 saturated heterocycles. The second-order valence-electron chi connectivity index (χ2n) is 10.1. The molecular weight excluding hydrogens is 476 g/mol. The van der Waals surface area contributed by atoms with E-state index in [1.165, 1.54) is 0 Å². The molecule has 0 atom stereocenters. The van der Waals surface area contributed by atoms with Crippen LogP contribution in [0.15, 0.2) is 18.3 Å². The molecule has 1 aromatic carbocycles. The molecule has 1 saturated carbocycles. The second kappa shape index (κ2) is 9.30. The number of piperidine rings is 1. The van der Waals surface area contributed by atoms with Gasteiger partial charge in [-0.3, -0.25) is 0 Å². The number of alkyl halides is 2. The van der Waals surface area contributed by atoms with Crippen LogP contribution in [0.1, 0.15) is 54.3 Å². The third-order valence-corrected chi connectivity index (χ3v) is 7.65. The van der Waals surface area contributed by atoms with Crippen molar-refractivity contribution >= 4 is 27.6 Å². The van der Waals surface area contributed by atoms with Gasteiger partial charge in [-0.2, -0.15) is 5.26 Å². The number of H-pyrrole nitrogens is 2. The molecule has 0 bridgehead atoms. The molecule has 2 aliphatic rings. The molecular formula is C27H29F2N7O. The number of halogens is 2. The zero-order valence-electron chi connectivity index (χ0n) is 20.9. The third kappa shape index (κ3) is 4.17. The summed E-state index contributed by atoms with van der Waals surface area (Å²) in [4.78, 5) is 18.5. The van der Waals surface area contributed by atoms with Crippen LogP contribution < -0.4 is 10.1 Å². The van der Waals surface area contributed by atoms with Crippen molar-refractivity contribution in [1.82, 2.24) is 24.8 Å². The second-order valence-corrected chi connectivity index (χ2v) is 10.1. The molecule has 192 valence electrons. The van der Waals surface area contributed by atoms with Crippen molar-refractivity contribution in [3.05, 3.63) is 35.2 Å². The third-order valence-electron chi connectivity index (χ3n) is 7.65. The van der Waals surface area contributed by atoms with Crippen LogP contribution in [0.5, 0.6) is 5.88 Å². The summed E-state index contributed by atoms with van der Waals surface area (Å²) >= 11 is 0. The molecule has 1 aliphatic carbocycles. The highest BCUT2D eigenvalue weighted by atomic mass is 19.3. The molecule has 0 unspecified atom stereocenters. The summed E-state index contributed by atoms with van der Waals surface area (Å²) in [6.07, 6.45) is 3.19. The van der Waals surface area contributed by atoms with Crippen molar-refractivity contribution in [3.63, 3.8) is 0 Å². The normalized spacial score (nSPS) is 17.1. The Morgan fingerprint density at radius 1 is 1.19 bits per heavy atom. The predicted molar refractivity (Wildman–Crippen MR) is 138 cm³/mol. The number of hydrogen-bond acceptors (Lipinski definition) is 6. The van der Waals surface area contributed by atoms with E-state index in [4.69, 9.17) is 9.72 Å². The van der Waals surface area contributed by atoms with Gasteiger partial charge in [0.25, 0.3) is 6.43 Å². The van der Waals surface area contributed by atoms with E-state index in [0.717, 1.165) is 66.4 Å². The summed E-state index contributed by atoms with van der Waals surface area (Å²) < 4.78 is 32.2. The number of imidazole rings is 1. The molecule has 0 radical (unpaired) electrons. The molecule has 4 aromatic rings. The van der Waals surface area contributed by atoms with E-state index in [0.29, 0.717) is 40.0 Å². The zero-order valence-corrected chi connectivity index (χ0v) is 20.9. The Bertz CT molecular complexity index is 1510. The summed E-state index contributed by atoms with van der Waals surface area (Å²) in [6.45, 7) is 1.48. The van der Waals surface area contributed by atoms with Gasteiger partial charge in [0.15, 0.2) is 0 Å². The lowest BCUT2D eigenvalue weighted by Crippen LogP contribution is -2.29. The molecule has 6 rings (SSSR count). The van der Waals surface area contributed by atoms with Gasteiger partial charge in [0.1, 0.15) is 23.0 Å². The fourth-order valence-corrected chi connectivity index (χ4v) is 5.56. The Kier molecular flexibility index (Phi) is 5.95. The van der Waals surface area contributed by atoms with Gasteiger partial charge < -0.3 is 24.9 Å². The molecule has 2 fully saturated rings. The van der Waals surface area contributed by atoms with Crippen molar-refractivity contribution in [2.24, 2.45) is 0 Å². The minimum absolute atomic E-state index is 0.267. The lowest BCUT2D eigenvalue weighted by Gasteiger charge is -2.30. The molecule has 3 aromatic heterocycles. The van der Waals surface area contributed by atoms with Crippen LogP contribution in [0.3, 0.4) is 0 Å². The number of nitrogens with zero attached hydrogens (tertiary/aromatic N) is 4. The van der Waals surface area contributed by atoms with Gasteiger partial charge in [0.05, 0.1) is 35.9 Å². The Morgan fingerprint density at radius 2 is 1.97 bits per heavy atom. The van der Waals surface area contributed by atoms with Crippen LogP contribution in [0, 0.1) is 11.3 Å². The molecule has 8 nitrogen and oxygen atoms in total. The van der Waals surface area contributed by atoms with E-state index < -0.39 is 13.0 Å². The summed E-state index contributed by atoms with van der Waals surface area (Å²) in [7, 11) is 3.65. The van der Waals surface area contributed by atoms with E-state index in [1.54, 1.807) is 13.3 Å². The van der Waals surface area contributed by atoms with Crippen LogP contribution >= 0.6 is 0 Å². The van der Waals surface area contributed by atoms with Gasteiger partial charge in [0, 0.05) is 23.2 Å². The minimum Gasteiger partial charge on any atom is -0.480 e. The summed E-state index contributed by atoms with van der Waals surface area (Å²) in [5, 5.41) is 13.6. The van der Waals surface area contributed by atoms with Crippen LogP contribution in [0.25, 0.3) is 33.3 Å². The van der Waals surface area contributed by atoms with Crippen molar-refractivity contribution < 1.29 is 13.5 Å². The van der Waals surface area contributed by atoms with Crippen molar-refractivity contribution in [2.45, 2.75) is 43.9 Å². The summed E-state index contributed by atoms with van der Waals surface area (Å²) in [6, 6.07) is 6.33. The first-order chi connectivity index (χ1) is 18.0. The molecule has 3 N–H and O–H groups in total. The summed E-state index contributed by atoms with van der Waals surface area (Å²) in [5.41, 5.74) is 5.91. The number of nitriles is 1. The number of fused-ring (bicyclic) bond motifs is 2. The topological polar surface area (TPSA) is 106 Å². The Hall–Kier alpha value is -3.71. The van der Waals surface area contributed by atoms with E-state index in [-0.39, 0.29) is 5.92 Å². The zero-order chi connectivity index (χ0) is 25.7. The Labute approximate surface area is 213 Å².